The number of likely N-dealkylation sites (tertiary alicyclic amines) is 2. The summed E-state index contributed by atoms with van der Waals surface area (Å²) >= 11 is 0. The van der Waals surface area contributed by atoms with Gasteiger partial charge in [-0.15, -0.1) is 24.0 Å². The number of carbonyl (C=O) groups is 1. The maximum absolute atomic E-state index is 11.8. The van der Waals surface area contributed by atoms with Crippen molar-refractivity contribution in [3.8, 4) is 0 Å². The molecule has 1 amide bonds. The van der Waals surface area contributed by atoms with Gasteiger partial charge in [-0.05, 0) is 36.5 Å². The smallest absolute Gasteiger partial charge is 0.222 e. The van der Waals surface area contributed by atoms with Crippen molar-refractivity contribution in [2.24, 2.45) is 4.99 Å². The van der Waals surface area contributed by atoms with Gasteiger partial charge in [0.2, 0.25) is 5.91 Å². The van der Waals surface area contributed by atoms with Gasteiger partial charge in [0.15, 0.2) is 5.96 Å². The van der Waals surface area contributed by atoms with Crippen molar-refractivity contribution in [3.05, 3.63) is 71.3 Å². The van der Waals surface area contributed by atoms with Crippen molar-refractivity contribution < 1.29 is 4.79 Å². The molecule has 0 spiro atoms. The molecule has 4 rings (SSSR count). The van der Waals surface area contributed by atoms with Crippen LogP contribution in [0.2, 0.25) is 0 Å². The number of amides is 1. The van der Waals surface area contributed by atoms with Crippen LogP contribution in [0.4, 0.5) is 0 Å². The van der Waals surface area contributed by atoms with E-state index < -0.39 is 0 Å². The van der Waals surface area contributed by atoms with Gasteiger partial charge in [-0.25, -0.2) is 4.99 Å². The fourth-order valence-corrected chi connectivity index (χ4v) is 4.38. The summed E-state index contributed by atoms with van der Waals surface area (Å²) in [6.07, 6.45) is 2.85. The lowest BCUT2D eigenvalue weighted by Crippen LogP contribution is -2.40. The van der Waals surface area contributed by atoms with E-state index in [9.17, 15) is 4.79 Å². The van der Waals surface area contributed by atoms with Gasteiger partial charge < -0.3 is 15.1 Å². The molecule has 0 saturated carbocycles. The predicted octanol–water partition coefficient (Wildman–Crippen LogP) is 4.38. The first-order chi connectivity index (χ1) is 14.7. The third-order valence-corrected chi connectivity index (χ3v) is 6.07. The van der Waals surface area contributed by atoms with Crippen molar-refractivity contribution in [3.63, 3.8) is 0 Å². The van der Waals surface area contributed by atoms with Gasteiger partial charge in [0.1, 0.15) is 0 Å². The Bertz CT molecular complexity index is 869. The quantitative estimate of drug-likeness (QED) is 0.341. The van der Waals surface area contributed by atoms with Crippen LogP contribution in [0.25, 0.3) is 0 Å². The molecule has 166 valence electrons. The standard InChI is InChI=1S/C25H32N4O.HI/c1-2-26-25(29-16-14-23(19-29)22-7-4-3-5-8-22)27-17-20-10-12-21(13-11-20)18-28-15-6-9-24(28)30;/h3-5,7-8,10-13,23H,2,6,9,14-19H2,1H3,(H,26,27);1H. The second-order valence-electron chi connectivity index (χ2n) is 8.25. The lowest BCUT2D eigenvalue weighted by Gasteiger charge is -2.22. The Balaban J connectivity index is 0.00000272. The summed E-state index contributed by atoms with van der Waals surface area (Å²) in [6, 6.07) is 19.3. The minimum Gasteiger partial charge on any atom is -0.357 e. The van der Waals surface area contributed by atoms with E-state index in [0.29, 0.717) is 18.9 Å². The largest absolute Gasteiger partial charge is 0.357 e. The van der Waals surface area contributed by atoms with Crippen LogP contribution < -0.4 is 5.32 Å². The fraction of sp³-hybridized carbons (Fsp3) is 0.440. The molecular formula is C25H33IN4O. The number of nitrogens with one attached hydrogen (secondary N) is 1. The van der Waals surface area contributed by atoms with Crippen LogP contribution in [0, 0.1) is 0 Å². The number of hydrogen-bond acceptors (Lipinski definition) is 2. The minimum absolute atomic E-state index is 0. The molecule has 0 aliphatic carbocycles. The van der Waals surface area contributed by atoms with Crippen LogP contribution in [0.1, 0.15) is 48.8 Å². The Labute approximate surface area is 202 Å². The van der Waals surface area contributed by atoms with E-state index in [1.165, 1.54) is 23.1 Å². The van der Waals surface area contributed by atoms with Gasteiger partial charge in [0.25, 0.3) is 0 Å². The second-order valence-corrected chi connectivity index (χ2v) is 8.25. The van der Waals surface area contributed by atoms with E-state index in [4.69, 9.17) is 4.99 Å². The van der Waals surface area contributed by atoms with E-state index in [0.717, 1.165) is 45.1 Å². The molecule has 0 aromatic heterocycles. The molecule has 0 radical (unpaired) electrons. The number of benzene rings is 2. The Morgan fingerprint density at radius 3 is 2.48 bits per heavy atom. The Hall–Kier alpha value is -2.09. The molecule has 5 nitrogen and oxygen atoms in total. The summed E-state index contributed by atoms with van der Waals surface area (Å²) in [5.41, 5.74) is 3.80. The van der Waals surface area contributed by atoms with E-state index in [1.807, 2.05) is 4.90 Å². The Kier molecular flexibility index (Phi) is 8.75. The van der Waals surface area contributed by atoms with Crippen LogP contribution in [0.3, 0.4) is 0 Å². The number of rotatable bonds is 6. The lowest BCUT2D eigenvalue weighted by atomic mass is 9.99. The SMILES string of the molecule is CCNC(=NCc1ccc(CN2CCCC2=O)cc1)N1CCC(c2ccccc2)C1.I. The summed E-state index contributed by atoms with van der Waals surface area (Å²) in [6.45, 7) is 7.31. The first-order valence-electron chi connectivity index (χ1n) is 11.2. The topological polar surface area (TPSA) is 47.9 Å². The molecule has 0 bridgehead atoms. The predicted molar refractivity (Wildman–Crippen MR) is 137 cm³/mol. The Morgan fingerprint density at radius 2 is 1.81 bits per heavy atom. The maximum atomic E-state index is 11.8. The zero-order valence-corrected chi connectivity index (χ0v) is 20.6. The summed E-state index contributed by atoms with van der Waals surface area (Å²) in [4.78, 5) is 21.1. The highest BCUT2D eigenvalue weighted by molar-refractivity contribution is 14.0. The number of halogens is 1. The highest BCUT2D eigenvalue weighted by Gasteiger charge is 2.26. The number of aliphatic imine (C=N–C) groups is 1. The molecule has 2 fully saturated rings. The van der Waals surface area contributed by atoms with Gasteiger partial charge >= 0.3 is 0 Å². The summed E-state index contributed by atoms with van der Waals surface area (Å²) in [5, 5.41) is 3.46. The highest BCUT2D eigenvalue weighted by Crippen LogP contribution is 2.27. The maximum Gasteiger partial charge on any atom is 0.222 e. The van der Waals surface area contributed by atoms with E-state index in [1.54, 1.807) is 0 Å². The van der Waals surface area contributed by atoms with Gasteiger partial charge in [-0.1, -0.05) is 54.6 Å². The molecule has 31 heavy (non-hydrogen) atoms. The first kappa shape index (κ1) is 23.6. The normalized spacial score (nSPS) is 18.9. The number of hydrogen-bond donors (Lipinski definition) is 1. The van der Waals surface area contributed by atoms with Crippen molar-refractivity contribution >= 4 is 35.8 Å². The summed E-state index contributed by atoms with van der Waals surface area (Å²) in [5.74, 6) is 1.85. The van der Waals surface area contributed by atoms with Crippen LogP contribution >= 0.6 is 24.0 Å². The molecule has 2 aliphatic heterocycles. The molecule has 2 heterocycles. The fourth-order valence-electron chi connectivity index (χ4n) is 4.38. The molecule has 2 saturated heterocycles. The van der Waals surface area contributed by atoms with Crippen molar-refractivity contribution in [2.75, 3.05) is 26.2 Å². The first-order valence-corrected chi connectivity index (χ1v) is 11.2. The van der Waals surface area contributed by atoms with Gasteiger partial charge in [-0.3, -0.25) is 4.79 Å². The van der Waals surface area contributed by atoms with Gasteiger partial charge in [-0.2, -0.15) is 0 Å². The van der Waals surface area contributed by atoms with E-state index in [-0.39, 0.29) is 29.9 Å². The van der Waals surface area contributed by atoms with Crippen molar-refractivity contribution in [1.29, 1.82) is 0 Å². The average molecular weight is 532 g/mol. The molecule has 6 heteroatoms. The van der Waals surface area contributed by atoms with E-state index in [2.05, 4.69) is 71.7 Å². The minimum atomic E-state index is 0. The van der Waals surface area contributed by atoms with Crippen LogP contribution in [0.15, 0.2) is 59.6 Å². The lowest BCUT2D eigenvalue weighted by molar-refractivity contribution is -0.128. The molecule has 2 aliphatic rings. The zero-order chi connectivity index (χ0) is 20.8. The van der Waals surface area contributed by atoms with Crippen molar-refractivity contribution in [2.45, 2.75) is 45.2 Å². The zero-order valence-electron chi connectivity index (χ0n) is 18.3. The van der Waals surface area contributed by atoms with E-state index >= 15 is 0 Å². The molecule has 2 aromatic rings. The molecular weight excluding hydrogens is 499 g/mol. The highest BCUT2D eigenvalue weighted by atomic mass is 127. The number of nitrogens with zero attached hydrogens (tertiary/aromatic N) is 3. The van der Waals surface area contributed by atoms with Crippen molar-refractivity contribution in [1.82, 2.24) is 15.1 Å². The number of guanidine groups is 1. The molecule has 1 atom stereocenters. The van der Waals surface area contributed by atoms with Gasteiger partial charge in [0, 0.05) is 45.1 Å². The Morgan fingerprint density at radius 1 is 1.06 bits per heavy atom. The summed E-state index contributed by atoms with van der Waals surface area (Å²) in [7, 11) is 0. The average Bonchev–Trinajstić information content (AvgIpc) is 3.42. The second kappa shape index (κ2) is 11.5. The van der Waals surface area contributed by atoms with Crippen LogP contribution in [0.5, 0.6) is 0 Å². The van der Waals surface area contributed by atoms with Crippen LogP contribution in [-0.4, -0.2) is 47.8 Å². The molecule has 2 aromatic carbocycles. The van der Waals surface area contributed by atoms with Crippen LogP contribution in [-0.2, 0) is 17.9 Å². The van der Waals surface area contributed by atoms with Gasteiger partial charge in [0.05, 0.1) is 6.54 Å². The molecule has 1 N–H and O–H groups in total. The molecule has 1 unspecified atom stereocenters. The third-order valence-electron chi connectivity index (χ3n) is 6.07. The monoisotopic (exact) mass is 532 g/mol. The summed E-state index contributed by atoms with van der Waals surface area (Å²) < 4.78 is 0. The third kappa shape index (κ3) is 6.21. The number of carbonyl (C=O) groups excluding carboxylic acids is 1.